The van der Waals surface area contributed by atoms with Gasteiger partial charge in [0.1, 0.15) is 0 Å². The van der Waals surface area contributed by atoms with Crippen molar-refractivity contribution >= 4 is 22.8 Å². The predicted octanol–water partition coefficient (Wildman–Crippen LogP) is 4.21. The van der Waals surface area contributed by atoms with Gasteiger partial charge in [0, 0.05) is 38.8 Å². The van der Waals surface area contributed by atoms with Gasteiger partial charge < -0.3 is 14.4 Å². The normalized spacial score (nSPS) is 14.8. The molecule has 4 rings (SSSR count). The molecule has 160 valence electrons. The van der Waals surface area contributed by atoms with Gasteiger partial charge in [-0.1, -0.05) is 48.5 Å². The SMILES string of the molecule is COc1ccc(/C=C/C(=O)N2CCN(Cc3cccc4ccccc34)CC2)cc1OC. The molecule has 1 heterocycles. The van der Waals surface area contributed by atoms with Gasteiger partial charge in [-0.3, -0.25) is 9.69 Å². The third-order valence-electron chi connectivity index (χ3n) is 5.78. The summed E-state index contributed by atoms with van der Waals surface area (Å²) in [6.45, 7) is 4.13. The Balaban J connectivity index is 1.34. The lowest BCUT2D eigenvalue weighted by Crippen LogP contribution is -2.47. The molecule has 1 amide bonds. The van der Waals surface area contributed by atoms with Crippen LogP contribution in [0, 0.1) is 0 Å². The molecule has 3 aromatic carbocycles. The number of ether oxygens (including phenoxy) is 2. The number of carbonyl (C=O) groups excluding carboxylic acids is 1. The summed E-state index contributed by atoms with van der Waals surface area (Å²) in [6, 6.07) is 20.6. The van der Waals surface area contributed by atoms with Gasteiger partial charge >= 0.3 is 0 Å². The summed E-state index contributed by atoms with van der Waals surface area (Å²) >= 11 is 0. The van der Waals surface area contributed by atoms with E-state index in [1.165, 1.54) is 16.3 Å². The molecule has 1 saturated heterocycles. The highest BCUT2D eigenvalue weighted by Gasteiger charge is 2.20. The van der Waals surface area contributed by atoms with Crippen LogP contribution in [-0.2, 0) is 11.3 Å². The highest BCUT2D eigenvalue weighted by molar-refractivity contribution is 5.92. The van der Waals surface area contributed by atoms with E-state index < -0.39 is 0 Å². The second kappa shape index (κ2) is 9.67. The Morgan fingerprint density at radius 1 is 0.903 bits per heavy atom. The van der Waals surface area contributed by atoms with Gasteiger partial charge in [-0.25, -0.2) is 0 Å². The highest BCUT2D eigenvalue weighted by Crippen LogP contribution is 2.28. The first kappa shape index (κ1) is 20.9. The van der Waals surface area contributed by atoms with E-state index in [1.54, 1.807) is 20.3 Å². The number of amides is 1. The monoisotopic (exact) mass is 416 g/mol. The third kappa shape index (κ3) is 4.89. The van der Waals surface area contributed by atoms with E-state index >= 15 is 0 Å². The minimum Gasteiger partial charge on any atom is -0.493 e. The lowest BCUT2D eigenvalue weighted by Gasteiger charge is -2.34. The number of methoxy groups -OCH3 is 2. The van der Waals surface area contributed by atoms with E-state index in [4.69, 9.17) is 9.47 Å². The average Bonchev–Trinajstić information content (AvgIpc) is 2.83. The minimum atomic E-state index is 0.0413. The molecule has 31 heavy (non-hydrogen) atoms. The van der Waals surface area contributed by atoms with E-state index in [9.17, 15) is 4.79 Å². The summed E-state index contributed by atoms with van der Waals surface area (Å²) in [6.07, 6.45) is 3.47. The van der Waals surface area contributed by atoms with Crippen LogP contribution in [0.4, 0.5) is 0 Å². The van der Waals surface area contributed by atoms with E-state index in [0.29, 0.717) is 11.5 Å². The zero-order chi connectivity index (χ0) is 21.6. The molecule has 0 aromatic heterocycles. The number of carbonyl (C=O) groups is 1. The molecule has 1 fully saturated rings. The molecule has 5 nitrogen and oxygen atoms in total. The van der Waals surface area contributed by atoms with Crippen molar-refractivity contribution in [1.29, 1.82) is 0 Å². The minimum absolute atomic E-state index is 0.0413. The van der Waals surface area contributed by atoms with Crippen molar-refractivity contribution in [2.45, 2.75) is 6.54 Å². The highest BCUT2D eigenvalue weighted by atomic mass is 16.5. The summed E-state index contributed by atoms with van der Waals surface area (Å²) in [5.74, 6) is 1.37. The van der Waals surface area contributed by atoms with Crippen LogP contribution >= 0.6 is 0 Å². The van der Waals surface area contributed by atoms with Crippen LogP contribution < -0.4 is 9.47 Å². The first-order valence-corrected chi connectivity index (χ1v) is 10.6. The molecule has 0 saturated carbocycles. The Morgan fingerprint density at radius 2 is 1.65 bits per heavy atom. The zero-order valence-corrected chi connectivity index (χ0v) is 18.1. The van der Waals surface area contributed by atoms with Gasteiger partial charge in [0.25, 0.3) is 0 Å². The number of rotatable bonds is 6. The topological polar surface area (TPSA) is 42.0 Å². The smallest absolute Gasteiger partial charge is 0.246 e. The van der Waals surface area contributed by atoms with Crippen molar-refractivity contribution in [2.24, 2.45) is 0 Å². The van der Waals surface area contributed by atoms with Crippen LogP contribution in [-0.4, -0.2) is 56.1 Å². The molecule has 0 N–H and O–H groups in total. The van der Waals surface area contributed by atoms with Gasteiger partial charge in [-0.05, 0) is 40.1 Å². The number of hydrogen-bond donors (Lipinski definition) is 0. The summed E-state index contributed by atoms with van der Waals surface area (Å²) < 4.78 is 10.6. The Hall–Kier alpha value is -3.31. The second-order valence-corrected chi connectivity index (χ2v) is 7.69. The van der Waals surface area contributed by atoms with Crippen molar-refractivity contribution in [3.63, 3.8) is 0 Å². The van der Waals surface area contributed by atoms with Crippen LogP contribution in [0.2, 0.25) is 0 Å². The lowest BCUT2D eigenvalue weighted by molar-refractivity contribution is -0.127. The van der Waals surface area contributed by atoms with Gasteiger partial charge in [0.15, 0.2) is 11.5 Å². The van der Waals surface area contributed by atoms with Crippen LogP contribution in [0.25, 0.3) is 16.8 Å². The maximum Gasteiger partial charge on any atom is 0.246 e. The van der Waals surface area contributed by atoms with Gasteiger partial charge in [-0.2, -0.15) is 0 Å². The van der Waals surface area contributed by atoms with Crippen molar-refractivity contribution < 1.29 is 14.3 Å². The van der Waals surface area contributed by atoms with Crippen LogP contribution in [0.5, 0.6) is 11.5 Å². The molecule has 0 spiro atoms. The summed E-state index contributed by atoms with van der Waals surface area (Å²) in [7, 11) is 3.21. The quantitative estimate of drug-likeness (QED) is 0.565. The van der Waals surface area contributed by atoms with Crippen molar-refractivity contribution in [1.82, 2.24) is 9.80 Å². The van der Waals surface area contributed by atoms with Crippen LogP contribution in [0.15, 0.2) is 66.7 Å². The number of fused-ring (bicyclic) bond motifs is 1. The number of benzene rings is 3. The molecule has 1 aliphatic heterocycles. The van der Waals surface area contributed by atoms with E-state index in [-0.39, 0.29) is 5.91 Å². The number of hydrogen-bond acceptors (Lipinski definition) is 4. The molecule has 5 heteroatoms. The molecule has 3 aromatic rings. The lowest BCUT2D eigenvalue weighted by atomic mass is 10.0. The van der Waals surface area contributed by atoms with Gasteiger partial charge in [0.2, 0.25) is 5.91 Å². The zero-order valence-electron chi connectivity index (χ0n) is 18.1. The number of nitrogens with zero attached hydrogens (tertiary/aromatic N) is 2. The fourth-order valence-electron chi connectivity index (χ4n) is 4.03. The molecule has 0 bridgehead atoms. The molecule has 0 radical (unpaired) electrons. The van der Waals surface area contributed by atoms with Crippen molar-refractivity contribution in [2.75, 3.05) is 40.4 Å². The third-order valence-corrected chi connectivity index (χ3v) is 5.78. The summed E-state index contributed by atoms with van der Waals surface area (Å²) in [5, 5.41) is 2.58. The first-order valence-electron chi connectivity index (χ1n) is 10.6. The molecule has 0 atom stereocenters. The van der Waals surface area contributed by atoms with Crippen LogP contribution in [0.1, 0.15) is 11.1 Å². The Morgan fingerprint density at radius 3 is 2.42 bits per heavy atom. The maximum atomic E-state index is 12.7. The van der Waals surface area contributed by atoms with Gasteiger partial charge in [0.05, 0.1) is 14.2 Å². The van der Waals surface area contributed by atoms with Gasteiger partial charge in [-0.15, -0.1) is 0 Å². The molecule has 1 aliphatic rings. The largest absolute Gasteiger partial charge is 0.493 e. The Kier molecular flexibility index (Phi) is 6.53. The molecular formula is C26H28N2O3. The standard InChI is InChI=1S/C26H28N2O3/c1-30-24-12-10-20(18-25(24)31-2)11-13-26(29)28-16-14-27(15-17-28)19-22-8-5-7-21-6-3-4-9-23(21)22/h3-13,18H,14-17,19H2,1-2H3/b13-11+. The van der Waals surface area contributed by atoms with E-state index in [2.05, 4.69) is 47.4 Å². The summed E-state index contributed by atoms with van der Waals surface area (Å²) in [4.78, 5) is 17.0. The number of piperazine rings is 1. The van der Waals surface area contributed by atoms with Crippen molar-refractivity contribution in [3.05, 3.63) is 77.9 Å². The summed E-state index contributed by atoms with van der Waals surface area (Å²) in [5.41, 5.74) is 2.24. The fourth-order valence-corrected chi connectivity index (χ4v) is 4.03. The van der Waals surface area contributed by atoms with Crippen molar-refractivity contribution in [3.8, 4) is 11.5 Å². The van der Waals surface area contributed by atoms with Crippen LogP contribution in [0.3, 0.4) is 0 Å². The Labute approximate surface area is 183 Å². The second-order valence-electron chi connectivity index (χ2n) is 7.69. The maximum absolute atomic E-state index is 12.7. The van der Waals surface area contributed by atoms with E-state index in [0.717, 1.165) is 38.3 Å². The molecular weight excluding hydrogens is 388 g/mol. The first-order chi connectivity index (χ1) is 15.2. The Bertz CT molecular complexity index is 1080. The molecule has 0 unspecified atom stereocenters. The predicted molar refractivity (Wildman–Crippen MR) is 124 cm³/mol. The fraction of sp³-hybridized carbons (Fsp3) is 0.269. The average molecular weight is 417 g/mol. The van der Waals surface area contributed by atoms with E-state index in [1.807, 2.05) is 29.2 Å². The molecule has 0 aliphatic carbocycles.